The second kappa shape index (κ2) is 5.11. The van der Waals surface area contributed by atoms with Gasteiger partial charge in [0.2, 0.25) is 0 Å². The fourth-order valence-corrected chi connectivity index (χ4v) is 2.96. The molecule has 3 nitrogen and oxygen atoms in total. The van der Waals surface area contributed by atoms with Crippen LogP contribution < -0.4 is 10.6 Å². The normalized spacial score (nSPS) is 22.6. The van der Waals surface area contributed by atoms with Crippen LogP contribution in [0.15, 0.2) is 18.2 Å². The fourth-order valence-electron chi connectivity index (χ4n) is 2.96. The molecule has 0 aromatic heterocycles. The summed E-state index contributed by atoms with van der Waals surface area (Å²) in [5.74, 6) is 0.0819. The van der Waals surface area contributed by atoms with E-state index in [1.165, 1.54) is 24.0 Å². The third kappa shape index (κ3) is 2.41. The van der Waals surface area contributed by atoms with E-state index in [0.29, 0.717) is 6.04 Å². The van der Waals surface area contributed by atoms with E-state index in [9.17, 15) is 4.79 Å². The summed E-state index contributed by atoms with van der Waals surface area (Å²) >= 11 is 0. The van der Waals surface area contributed by atoms with Crippen LogP contribution in [0.3, 0.4) is 0 Å². The molecule has 2 N–H and O–H groups in total. The number of rotatable bonds is 2. The maximum Gasteiger partial charge on any atom is 0.251 e. The standard InChI is InChI=1S/C15H20N2O/c18-15(17-14-5-2-8-16-10-14)13-7-6-11-3-1-4-12(11)9-13/h6-7,9,14,16H,1-5,8,10H2,(H,17,18). The monoisotopic (exact) mass is 244 g/mol. The van der Waals surface area contributed by atoms with Gasteiger partial charge in [0.1, 0.15) is 0 Å². The molecule has 1 atom stereocenters. The van der Waals surface area contributed by atoms with Crippen molar-refractivity contribution in [2.24, 2.45) is 0 Å². The average molecular weight is 244 g/mol. The van der Waals surface area contributed by atoms with Crippen LogP contribution in [0.2, 0.25) is 0 Å². The highest BCUT2D eigenvalue weighted by atomic mass is 16.1. The van der Waals surface area contributed by atoms with Crippen molar-refractivity contribution in [1.82, 2.24) is 10.6 Å². The Morgan fingerprint density at radius 2 is 2.11 bits per heavy atom. The van der Waals surface area contributed by atoms with E-state index in [-0.39, 0.29) is 5.91 Å². The SMILES string of the molecule is O=C(NC1CCCNC1)c1ccc2c(c1)CCC2. The van der Waals surface area contributed by atoms with Gasteiger partial charge in [0, 0.05) is 18.2 Å². The van der Waals surface area contributed by atoms with E-state index in [1.807, 2.05) is 6.07 Å². The van der Waals surface area contributed by atoms with E-state index in [4.69, 9.17) is 0 Å². The second-order valence-electron chi connectivity index (χ2n) is 5.35. The minimum atomic E-state index is 0.0819. The van der Waals surface area contributed by atoms with E-state index >= 15 is 0 Å². The first-order valence-electron chi connectivity index (χ1n) is 6.96. The third-order valence-corrected chi connectivity index (χ3v) is 3.99. The highest BCUT2D eigenvalue weighted by Gasteiger charge is 2.18. The van der Waals surface area contributed by atoms with Gasteiger partial charge in [0.15, 0.2) is 0 Å². The highest BCUT2D eigenvalue weighted by molar-refractivity contribution is 5.94. The van der Waals surface area contributed by atoms with Gasteiger partial charge in [0.25, 0.3) is 5.91 Å². The third-order valence-electron chi connectivity index (χ3n) is 3.99. The van der Waals surface area contributed by atoms with E-state index in [2.05, 4.69) is 22.8 Å². The number of benzene rings is 1. The maximum atomic E-state index is 12.2. The molecule has 96 valence electrons. The molecule has 0 saturated carbocycles. The lowest BCUT2D eigenvalue weighted by Gasteiger charge is -2.23. The number of nitrogens with one attached hydrogen (secondary N) is 2. The van der Waals surface area contributed by atoms with Crippen LogP contribution >= 0.6 is 0 Å². The topological polar surface area (TPSA) is 41.1 Å². The summed E-state index contributed by atoms with van der Waals surface area (Å²) in [7, 11) is 0. The zero-order valence-electron chi connectivity index (χ0n) is 10.7. The largest absolute Gasteiger partial charge is 0.348 e. The quantitative estimate of drug-likeness (QED) is 0.830. The minimum Gasteiger partial charge on any atom is -0.348 e. The van der Waals surface area contributed by atoms with Crippen molar-refractivity contribution in [3.63, 3.8) is 0 Å². The summed E-state index contributed by atoms with van der Waals surface area (Å²) in [6, 6.07) is 6.46. The van der Waals surface area contributed by atoms with Crippen LogP contribution in [-0.2, 0) is 12.8 Å². The first-order valence-corrected chi connectivity index (χ1v) is 6.96. The molecule has 18 heavy (non-hydrogen) atoms. The summed E-state index contributed by atoms with van der Waals surface area (Å²) in [6.07, 6.45) is 5.76. The Labute approximate surface area is 108 Å². The predicted octanol–water partition coefficient (Wildman–Crippen LogP) is 1.66. The number of piperidine rings is 1. The number of aryl methyl sites for hydroxylation is 2. The Morgan fingerprint density at radius 3 is 2.94 bits per heavy atom. The van der Waals surface area contributed by atoms with Gasteiger partial charge < -0.3 is 10.6 Å². The van der Waals surface area contributed by atoms with Gasteiger partial charge in [-0.15, -0.1) is 0 Å². The smallest absolute Gasteiger partial charge is 0.251 e. The van der Waals surface area contributed by atoms with E-state index < -0.39 is 0 Å². The van der Waals surface area contributed by atoms with Crippen molar-refractivity contribution < 1.29 is 4.79 Å². The minimum absolute atomic E-state index is 0.0819. The van der Waals surface area contributed by atoms with Crippen LogP contribution in [0.5, 0.6) is 0 Å². The Morgan fingerprint density at radius 1 is 1.22 bits per heavy atom. The second-order valence-corrected chi connectivity index (χ2v) is 5.35. The predicted molar refractivity (Wildman–Crippen MR) is 71.8 cm³/mol. The van der Waals surface area contributed by atoms with Gasteiger partial charge in [-0.25, -0.2) is 0 Å². The van der Waals surface area contributed by atoms with Crippen molar-refractivity contribution in [3.05, 3.63) is 34.9 Å². The highest BCUT2D eigenvalue weighted by Crippen LogP contribution is 2.22. The Kier molecular flexibility index (Phi) is 3.33. The van der Waals surface area contributed by atoms with Crippen LogP contribution in [0.4, 0.5) is 0 Å². The zero-order chi connectivity index (χ0) is 12.4. The number of fused-ring (bicyclic) bond motifs is 1. The summed E-state index contributed by atoms with van der Waals surface area (Å²) in [5, 5.41) is 6.44. The van der Waals surface area contributed by atoms with Gasteiger partial charge >= 0.3 is 0 Å². The van der Waals surface area contributed by atoms with Crippen molar-refractivity contribution in [2.75, 3.05) is 13.1 Å². The maximum absolute atomic E-state index is 12.2. The molecule has 1 amide bonds. The fraction of sp³-hybridized carbons (Fsp3) is 0.533. The molecule has 1 fully saturated rings. The van der Waals surface area contributed by atoms with Crippen molar-refractivity contribution >= 4 is 5.91 Å². The zero-order valence-corrected chi connectivity index (χ0v) is 10.7. The molecule has 1 unspecified atom stereocenters. The van der Waals surface area contributed by atoms with Crippen LogP contribution in [0, 0.1) is 0 Å². The lowest BCUT2D eigenvalue weighted by Crippen LogP contribution is -2.45. The summed E-state index contributed by atoms with van der Waals surface area (Å²) < 4.78 is 0. The molecule has 3 rings (SSSR count). The van der Waals surface area contributed by atoms with Crippen LogP contribution in [0.25, 0.3) is 0 Å². The Bertz CT molecular complexity index is 450. The van der Waals surface area contributed by atoms with E-state index in [1.54, 1.807) is 0 Å². The number of hydrogen-bond donors (Lipinski definition) is 2. The number of amides is 1. The molecule has 0 spiro atoms. The van der Waals surface area contributed by atoms with Crippen molar-refractivity contribution in [1.29, 1.82) is 0 Å². The Balaban J connectivity index is 1.68. The van der Waals surface area contributed by atoms with Crippen LogP contribution in [0.1, 0.15) is 40.7 Å². The molecule has 1 aliphatic heterocycles. The van der Waals surface area contributed by atoms with Gasteiger partial charge in [0.05, 0.1) is 0 Å². The molecule has 1 saturated heterocycles. The molecule has 1 heterocycles. The lowest BCUT2D eigenvalue weighted by atomic mass is 10.0. The summed E-state index contributed by atoms with van der Waals surface area (Å²) in [5.41, 5.74) is 3.61. The molecule has 1 aliphatic carbocycles. The molecular formula is C15H20N2O. The average Bonchev–Trinajstić information content (AvgIpc) is 2.87. The van der Waals surface area contributed by atoms with Crippen molar-refractivity contribution in [2.45, 2.75) is 38.1 Å². The Hall–Kier alpha value is -1.35. The molecule has 1 aromatic rings. The molecule has 0 bridgehead atoms. The number of carbonyl (C=O) groups is 1. The molecular weight excluding hydrogens is 224 g/mol. The molecule has 2 aliphatic rings. The van der Waals surface area contributed by atoms with E-state index in [0.717, 1.165) is 37.9 Å². The first-order chi connectivity index (χ1) is 8.83. The molecule has 3 heteroatoms. The summed E-state index contributed by atoms with van der Waals surface area (Å²) in [6.45, 7) is 1.97. The van der Waals surface area contributed by atoms with Crippen LogP contribution in [-0.4, -0.2) is 25.0 Å². The van der Waals surface area contributed by atoms with Gasteiger partial charge in [-0.1, -0.05) is 6.07 Å². The summed E-state index contributed by atoms with van der Waals surface area (Å²) in [4.78, 5) is 12.2. The lowest BCUT2D eigenvalue weighted by molar-refractivity contribution is 0.0930. The first kappa shape index (κ1) is 11.7. The number of carbonyl (C=O) groups excluding carboxylic acids is 1. The number of hydrogen-bond acceptors (Lipinski definition) is 2. The van der Waals surface area contributed by atoms with Gasteiger partial charge in [-0.2, -0.15) is 0 Å². The van der Waals surface area contributed by atoms with Crippen molar-refractivity contribution in [3.8, 4) is 0 Å². The van der Waals surface area contributed by atoms with Gasteiger partial charge in [-0.3, -0.25) is 4.79 Å². The van der Waals surface area contributed by atoms with Gasteiger partial charge in [-0.05, 0) is 61.9 Å². The molecule has 0 radical (unpaired) electrons. The molecule has 1 aromatic carbocycles.